The van der Waals surface area contributed by atoms with Gasteiger partial charge in [-0.15, -0.1) is 11.8 Å². The molecule has 0 N–H and O–H groups in total. The van der Waals surface area contributed by atoms with Crippen LogP contribution >= 0.6 is 11.8 Å². The SMILES string of the molecule is CC(C)(C)C(=O)OCOC(=O)C1=CCS[C@@H]2CC(=O)N12. The Morgan fingerprint density at radius 3 is 2.70 bits per heavy atom. The number of rotatable bonds is 3. The summed E-state index contributed by atoms with van der Waals surface area (Å²) in [7, 11) is 0. The van der Waals surface area contributed by atoms with E-state index in [4.69, 9.17) is 9.47 Å². The highest BCUT2D eigenvalue weighted by molar-refractivity contribution is 8.00. The van der Waals surface area contributed by atoms with E-state index >= 15 is 0 Å². The molecule has 0 bridgehead atoms. The summed E-state index contributed by atoms with van der Waals surface area (Å²) in [6.07, 6.45) is 2.11. The molecule has 2 rings (SSSR count). The van der Waals surface area contributed by atoms with Gasteiger partial charge in [0.05, 0.1) is 17.2 Å². The molecule has 2 heterocycles. The van der Waals surface area contributed by atoms with Gasteiger partial charge in [-0.2, -0.15) is 0 Å². The lowest BCUT2D eigenvalue weighted by Gasteiger charge is -2.42. The monoisotopic (exact) mass is 299 g/mol. The van der Waals surface area contributed by atoms with E-state index in [0.717, 1.165) is 0 Å². The molecule has 0 aromatic rings. The maximum atomic E-state index is 11.9. The first-order valence-corrected chi connectivity index (χ1v) is 7.34. The number of carbonyl (C=O) groups excluding carboxylic acids is 3. The van der Waals surface area contributed by atoms with Crippen molar-refractivity contribution in [3.05, 3.63) is 11.8 Å². The first-order chi connectivity index (χ1) is 9.30. The van der Waals surface area contributed by atoms with Crippen molar-refractivity contribution in [3.8, 4) is 0 Å². The van der Waals surface area contributed by atoms with Crippen molar-refractivity contribution in [1.29, 1.82) is 0 Å². The summed E-state index contributed by atoms with van der Waals surface area (Å²) in [5.74, 6) is -0.501. The van der Waals surface area contributed by atoms with Crippen molar-refractivity contribution in [1.82, 2.24) is 4.90 Å². The van der Waals surface area contributed by atoms with E-state index in [2.05, 4.69) is 0 Å². The van der Waals surface area contributed by atoms with E-state index in [1.54, 1.807) is 38.6 Å². The zero-order chi connectivity index (χ0) is 14.9. The zero-order valence-electron chi connectivity index (χ0n) is 11.7. The fourth-order valence-corrected chi connectivity index (χ4v) is 2.87. The van der Waals surface area contributed by atoms with E-state index in [0.29, 0.717) is 12.2 Å². The third kappa shape index (κ3) is 2.98. The average Bonchev–Trinajstić information content (AvgIpc) is 2.35. The summed E-state index contributed by atoms with van der Waals surface area (Å²) >= 11 is 1.61. The maximum absolute atomic E-state index is 11.9. The maximum Gasteiger partial charge on any atom is 0.357 e. The van der Waals surface area contributed by atoms with Crippen molar-refractivity contribution in [3.63, 3.8) is 0 Å². The molecule has 0 aromatic carbocycles. The zero-order valence-corrected chi connectivity index (χ0v) is 12.5. The number of nitrogens with zero attached hydrogens (tertiary/aromatic N) is 1. The van der Waals surface area contributed by atoms with E-state index in [9.17, 15) is 14.4 Å². The van der Waals surface area contributed by atoms with Gasteiger partial charge in [0, 0.05) is 5.75 Å². The second-order valence-corrected chi connectivity index (χ2v) is 6.79. The molecule has 20 heavy (non-hydrogen) atoms. The second kappa shape index (κ2) is 5.47. The highest BCUT2D eigenvalue weighted by Crippen LogP contribution is 2.37. The van der Waals surface area contributed by atoms with Crippen LogP contribution in [-0.4, -0.2) is 40.7 Å². The van der Waals surface area contributed by atoms with Gasteiger partial charge in [0.25, 0.3) is 0 Å². The number of thioether (sulfide) groups is 1. The summed E-state index contributed by atoms with van der Waals surface area (Å²) in [6, 6.07) is 0. The van der Waals surface area contributed by atoms with Crippen molar-refractivity contribution >= 4 is 29.6 Å². The van der Waals surface area contributed by atoms with Crippen LogP contribution in [-0.2, 0) is 23.9 Å². The Bertz CT molecular complexity index is 480. The molecule has 1 fully saturated rings. The smallest absolute Gasteiger partial charge is 0.357 e. The van der Waals surface area contributed by atoms with Crippen LogP contribution in [0.15, 0.2) is 11.8 Å². The number of esters is 2. The molecule has 0 unspecified atom stereocenters. The van der Waals surface area contributed by atoms with Gasteiger partial charge < -0.3 is 9.47 Å². The molecular formula is C13H17NO5S. The van der Waals surface area contributed by atoms with Crippen LogP contribution < -0.4 is 0 Å². The Labute approximate surface area is 121 Å². The minimum atomic E-state index is -0.647. The summed E-state index contributed by atoms with van der Waals surface area (Å²) < 4.78 is 9.75. The van der Waals surface area contributed by atoms with E-state index in [1.807, 2.05) is 0 Å². The quantitative estimate of drug-likeness (QED) is 0.444. The first kappa shape index (κ1) is 14.9. The van der Waals surface area contributed by atoms with Crippen LogP contribution in [0.25, 0.3) is 0 Å². The number of β-lactam (4-membered cyclic amide) rings is 1. The minimum Gasteiger partial charge on any atom is -0.427 e. The molecule has 0 saturated carbocycles. The van der Waals surface area contributed by atoms with Gasteiger partial charge in [0.1, 0.15) is 5.70 Å². The Balaban J connectivity index is 1.85. The molecule has 1 saturated heterocycles. The molecule has 7 heteroatoms. The van der Waals surface area contributed by atoms with E-state index in [1.165, 1.54) is 4.90 Å². The number of ether oxygens (including phenoxy) is 2. The lowest BCUT2D eigenvalue weighted by atomic mass is 9.98. The van der Waals surface area contributed by atoms with E-state index in [-0.39, 0.29) is 17.0 Å². The minimum absolute atomic E-state index is 0.0344. The summed E-state index contributed by atoms with van der Waals surface area (Å²) in [4.78, 5) is 36.3. The standard InChI is InChI=1S/C13H17NO5S/c1-13(2,3)12(17)19-7-18-11(16)8-4-5-20-10-6-9(15)14(8)10/h4,10H,5-7H2,1-3H3/t10-/m1/s1. The van der Waals surface area contributed by atoms with Crippen LogP contribution in [0.3, 0.4) is 0 Å². The van der Waals surface area contributed by atoms with Crippen LogP contribution in [0.4, 0.5) is 0 Å². The largest absolute Gasteiger partial charge is 0.427 e. The second-order valence-electron chi connectivity index (χ2n) is 5.58. The molecule has 0 radical (unpaired) electrons. The Morgan fingerprint density at radius 2 is 2.10 bits per heavy atom. The van der Waals surface area contributed by atoms with Gasteiger partial charge in [-0.3, -0.25) is 14.5 Å². The third-order valence-electron chi connectivity index (χ3n) is 2.93. The molecule has 0 aliphatic carbocycles. The van der Waals surface area contributed by atoms with Crippen LogP contribution in [0, 0.1) is 5.41 Å². The fourth-order valence-electron chi connectivity index (χ4n) is 1.76. The highest BCUT2D eigenvalue weighted by atomic mass is 32.2. The predicted molar refractivity (Wildman–Crippen MR) is 72.3 cm³/mol. The van der Waals surface area contributed by atoms with Gasteiger partial charge in [-0.05, 0) is 26.8 Å². The molecule has 0 aromatic heterocycles. The van der Waals surface area contributed by atoms with Crippen molar-refractivity contribution in [2.45, 2.75) is 32.6 Å². The predicted octanol–water partition coefficient (Wildman–Crippen LogP) is 1.27. The first-order valence-electron chi connectivity index (χ1n) is 6.29. The van der Waals surface area contributed by atoms with Gasteiger partial charge in [-0.1, -0.05) is 0 Å². The van der Waals surface area contributed by atoms with Crippen molar-refractivity contribution in [2.24, 2.45) is 5.41 Å². The normalized spacial score (nSPS) is 21.6. The molecule has 2 aliphatic rings. The molecule has 110 valence electrons. The van der Waals surface area contributed by atoms with Crippen LogP contribution in [0.2, 0.25) is 0 Å². The topological polar surface area (TPSA) is 72.9 Å². The summed E-state index contributed by atoms with van der Waals surface area (Å²) in [5.41, 5.74) is -0.400. The number of hydrogen-bond donors (Lipinski definition) is 0. The fraction of sp³-hybridized carbons (Fsp3) is 0.615. The molecule has 1 amide bonds. The Kier molecular flexibility index (Phi) is 4.08. The van der Waals surface area contributed by atoms with Gasteiger partial charge in [0.15, 0.2) is 0 Å². The average molecular weight is 299 g/mol. The van der Waals surface area contributed by atoms with E-state index < -0.39 is 24.1 Å². The number of hydrogen-bond acceptors (Lipinski definition) is 6. The number of fused-ring (bicyclic) bond motifs is 1. The van der Waals surface area contributed by atoms with Crippen molar-refractivity contribution in [2.75, 3.05) is 12.5 Å². The van der Waals surface area contributed by atoms with Crippen LogP contribution in [0.5, 0.6) is 0 Å². The van der Waals surface area contributed by atoms with Gasteiger partial charge >= 0.3 is 11.9 Å². The molecule has 6 nitrogen and oxygen atoms in total. The number of carbonyl (C=O) groups is 3. The number of amides is 1. The molecule has 1 atom stereocenters. The van der Waals surface area contributed by atoms with Crippen LogP contribution in [0.1, 0.15) is 27.2 Å². The lowest BCUT2D eigenvalue weighted by Crippen LogP contribution is -2.53. The molecule has 0 spiro atoms. The van der Waals surface area contributed by atoms with Gasteiger partial charge in [0.2, 0.25) is 12.7 Å². The third-order valence-corrected chi connectivity index (χ3v) is 4.05. The summed E-state index contributed by atoms with van der Waals surface area (Å²) in [5, 5.41) is 0.0344. The summed E-state index contributed by atoms with van der Waals surface area (Å²) in [6.45, 7) is 4.69. The Hall–Kier alpha value is -1.50. The highest BCUT2D eigenvalue weighted by Gasteiger charge is 2.43. The molecular weight excluding hydrogens is 282 g/mol. The molecule has 2 aliphatic heterocycles. The lowest BCUT2D eigenvalue weighted by molar-refractivity contribution is -0.173. The Morgan fingerprint density at radius 1 is 1.40 bits per heavy atom. The van der Waals surface area contributed by atoms with Gasteiger partial charge in [-0.25, -0.2) is 4.79 Å². The van der Waals surface area contributed by atoms with Crippen molar-refractivity contribution < 1.29 is 23.9 Å².